The Balaban J connectivity index is 1.59. The van der Waals surface area contributed by atoms with Gasteiger partial charge in [-0.1, -0.05) is 12.1 Å². The highest BCUT2D eigenvalue weighted by atomic mass is 19.1. The van der Waals surface area contributed by atoms with Crippen LogP contribution in [0.5, 0.6) is 0 Å². The summed E-state index contributed by atoms with van der Waals surface area (Å²) in [5, 5.41) is 17.9. The van der Waals surface area contributed by atoms with E-state index in [9.17, 15) is 9.65 Å². The van der Waals surface area contributed by atoms with Crippen LogP contribution in [0.4, 0.5) is 4.39 Å². The molecule has 0 N–H and O–H groups in total. The smallest absolute Gasteiger partial charge is 0.123 e. The van der Waals surface area contributed by atoms with E-state index in [0.29, 0.717) is 0 Å². The van der Waals surface area contributed by atoms with Crippen LogP contribution >= 0.6 is 0 Å². The van der Waals surface area contributed by atoms with Crippen LogP contribution in [-0.4, -0.2) is 51.0 Å². The number of nitriles is 1. The standard InChI is InChI=1S/C16H19FN6/c1-21-19-11-15(20-21)12-22-6-8-23(9-7-22)16(10-18)13-2-4-14(17)5-3-13/h2-5,11,16H,6-9,12H2,1H3. The molecule has 0 spiro atoms. The van der Waals surface area contributed by atoms with Gasteiger partial charge < -0.3 is 0 Å². The molecular weight excluding hydrogens is 295 g/mol. The molecule has 2 heterocycles. The fourth-order valence-corrected chi connectivity index (χ4v) is 2.88. The third-order valence-corrected chi connectivity index (χ3v) is 4.11. The lowest BCUT2D eigenvalue weighted by atomic mass is 10.1. The normalized spacial score (nSPS) is 17.8. The zero-order valence-electron chi connectivity index (χ0n) is 13.1. The molecule has 1 unspecified atom stereocenters. The maximum Gasteiger partial charge on any atom is 0.123 e. The maximum absolute atomic E-state index is 13.0. The zero-order valence-corrected chi connectivity index (χ0v) is 13.1. The summed E-state index contributed by atoms with van der Waals surface area (Å²) in [6.45, 7) is 4.12. The predicted octanol–water partition coefficient (Wildman–Crippen LogP) is 1.34. The second-order valence-electron chi connectivity index (χ2n) is 5.72. The number of aryl methyl sites for hydroxylation is 1. The van der Waals surface area contributed by atoms with Crippen LogP contribution in [-0.2, 0) is 13.6 Å². The van der Waals surface area contributed by atoms with Crippen molar-refractivity contribution in [2.45, 2.75) is 12.6 Å². The van der Waals surface area contributed by atoms with Crippen molar-refractivity contribution in [2.75, 3.05) is 26.2 Å². The summed E-state index contributed by atoms with van der Waals surface area (Å²) in [5.74, 6) is -0.278. The van der Waals surface area contributed by atoms with Crippen molar-refractivity contribution in [3.05, 3.63) is 47.5 Å². The van der Waals surface area contributed by atoms with Gasteiger partial charge in [0.05, 0.1) is 18.0 Å². The van der Waals surface area contributed by atoms with Crippen LogP contribution < -0.4 is 0 Å². The number of aromatic nitrogens is 3. The highest BCUT2D eigenvalue weighted by Gasteiger charge is 2.25. The first-order valence-electron chi connectivity index (χ1n) is 7.62. The average molecular weight is 314 g/mol. The van der Waals surface area contributed by atoms with Crippen LogP contribution in [0.15, 0.2) is 30.5 Å². The molecule has 23 heavy (non-hydrogen) atoms. The lowest BCUT2D eigenvalue weighted by molar-refractivity contribution is 0.108. The molecule has 1 fully saturated rings. The quantitative estimate of drug-likeness (QED) is 0.852. The molecule has 0 radical (unpaired) electrons. The van der Waals surface area contributed by atoms with Crippen molar-refractivity contribution < 1.29 is 4.39 Å². The Morgan fingerprint density at radius 3 is 2.48 bits per heavy atom. The van der Waals surface area contributed by atoms with E-state index in [2.05, 4.69) is 26.1 Å². The summed E-state index contributed by atoms with van der Waals surface area (Å²) in [4.78, 5) is 6.01. The third kappa shape index (κ3) is 3.73. The highest BCUT2D eigenvalue weighted by molar-refractivity contribution is 5.25. The van der Waals surface area contributed by atoms with Crippen LogP contribution in [0.25, 0.3) is 0 Å². The number of halogens is 1. The van der Waals surface area contributed by atoms with E-state index in [-0.39, 0.29) is 11.9 Å². The van der Waals surface area contributed by atoms with Crippen molar-refractivity contribution in [3.8, 4) is 6.07 Å². The van der Waals surface area contributed by atoms with E-state index >= 15 is 0 Å². The van der Waals surface area contributed by atoms with Gasteiger partial charge in [-0.25, -0.2) is 4.39 Å². The van der Waals surface area contributed by atoms with Crippen molar-refractivity contribution in [3.63, 3.8) is 0 Å². The van der Waals surface area contributed by atoms with E-state index in [0.717, 1.165) is 44.0 Å². The number of hydrogen-bond donors (Lipinski definition) is 0. The second kappa shape index (κ2) is 6.86. The molecule has 0 amide bonds. The zero-order chi connectivity index (χ0) is 16.2. The van der Waals surface area contributed by atoms with Gasteiger partial charge in [0.15, 0.2) is 0 Å². The van der Waals surface area contributed by atoms with Gasteiger partial charge in [-0.2, -0.15) is 20.3 Å². The van der Waals surface area contributed by atoms with Gasteiger partial charge >= 0.3 is 0 Å². The summed E-state index contributed by atoms with van der Waals surface area (Å²) < 4.78 is 13.0. The minimum Gasteiger partial charge on any atom is -0.295 e. The summed E-state index contributed by atoms with van der Waals surface area (Å²) in [5.41, 5.74) is 1.80. The molecule has 2 aromatic rings. The fraction of sp³-hybridized carbons (Fsp3) is 0.438. The molecule has 120 valence electrons. The van der Waals surface area contributed by atoms with Gasteiger partial charge in [0, 0.05) is 39.8 Å². The van der Waals surface area contributed by atoms with Crippen molar-refractivity contribution in [1.82, 2.24) is 24.8 Å². The van der Waals surface area contributed by atoms with E-state index in [4.69, 9.17) is 0 Å². The van der Waals surface area contributed by atoms with Gasteiger partial charge in [-0.15, -0.1) is 0 Å². The SMILES string of the molecule is Cn1ncc(CN2CCN(C(C#N)c3ccc(F)cc3)CC2)n1. The first-order valence-corrected chi connectivity index (χ1v) is 7.62. The number of piperazine rings is 1. The number of benzene rings is 1. The molecule has 1 aliphatic heterocycles. The van der Waals surface area contributed by atoms with E-state index in [1.54, 1.807) is 23.1 Å². The van der Waals surface area contributed by atoms with Crippen LogP contribution in [0.2, 0.25) is 0 Å². The topological polar surface area (TPSA) is 61.0 Å². The Kier molecular flexibility index (Phi) is 4.65. The molecule has 0 aliphatic carbocycles. The average Bonchev–Trinajstić information content (AvgIpc) is 2.96. The molecule has 0 bridgehead atoms. The lowest BCUT2D eigenvalue weighted by Gasteiger charge is -2.36. The van der Waals surface area contributed by atoms with Gasteiger partial charge in [-0.3, -0.25) is 9.80 Å². The Labute approximate surface area is 134 Å². The van der Waals surface area contributed by atoms with Gasteiger partial charge in [0.25, 0.3) is 0 Å². The molecule has 3 rings (SSSR count). The fourth-order valence-electron chi connectivity index (χ4n) is 2.88. The summed E-state index contributed by atoms with van der Waals surface area (Å²) >= 11 is 0. The summed E-state index contributed by atoms with van der Waals surface area (Å²) in [7, 11) is 1.81. The van der Waals surface area contributed by atoms with E-state index in [1.165, 1.54) is 12.1 Å². The van der Waals surface area contributed by atoms with Crippen LogP contribution in [0.3, 0.4) is 0 Å². The Hall–Kier alpha value is -2.30. The molecule has 1 aromatic heterocycles. The Morgan fingerprint density at radius 1 is 1.22 bits per heavy atom. The minimum absolute atomic E-state index is 0.278. The number of nitrogens with zero attached hydrogens (tertiary/aromatic N) is 6. The Bertz CT molecular complexity index is 681. The minimum atomic E-state index is -0.325. The Morgan fingerprint density at radius 2 is 1.91 bits per heavy atom. The molecule has 1 saturated heterocycles. The van der Waals surface area contributed by atoms with Crippen molar-refractivity contribution in [1.29, 1.82) is 5.26 Å². The van der Waals surface area contributed by atoms with E-state index < -0.39 is 0 Å². The van der Waals surface area contributed by atoms with Crippen LogP contribution in [0.1, 0.15) is 17.3 Å². The molecule has 6 nitrogen and oxygen atoms in total. The highest BCUT2D eigenvalue weighted by Crippen LogP contribution is 2.22. The molecule has 1 aromatic carbocycles. The predicted molar refractivity (Wildman–Crippen MR) is 82.6 cm³/mol. The second-order valence-corrected chi connectivity index (χ2v) is 5.72. The first kappa shape index (κ1) is 15.6. The van der Waals surface area contributed by atoms with Gasteiger partial charge in [0.1, 0.15) is 11.9 Å². The summed E-state index contributed by atoms with van der Waals surface area (Å²) in [6.07, 6.45) is 1.78. The number of rotatable bonds is 4. The summed E-state index contributed by atoms with van der Waals surface area (Å²) in [6, 6.07) is 8.20. The third-order valence-electron chi connectivity index (χ3n) is 4.11. The first-order chi connectivity index (χ1) is 11.2. The molecular formula is C16H19FN6. The largest absolute Gasteiger partial charge is 0.295 e. The van der Waals surface area contributed by atoms with Crippen molar-refractivity contribution >= 4 is 0 Å². The molecule has 0 saturated carbocycles. The van der Waals surface area contributed by atoms with Crippen molar-refractivity contribution in [2.24, 2.45) is 7.05 Å². The molecule has 1 atom stereocenters. The number of hydrogen-bond acceptors (Lipinski definition) is 5. The van der Waals surface area contributed by atoms with Gasteiger partial charge in [0.2, 0.25) is 0 Å². The van der Waals surface area contributed by atoms with Gasteiger partial charge in [-0.05, 0) is 17.7 Å². The lowest BCUT2D eigenvalue weighted by Crippen LogP contribution is -2.47. The monoisotopic (exact) mass is 314 g/mol. The van der Waals surface area contributed by atoms with E-state index in [1.807, 2.05) is 7.05 Å². The molecule has 1 aliphatic rings. The maximum atomic E-state index is 13.0. The van der Waals surface area contributed by atoms with Crippen LogP contribution in [0, 0.1) is 17.1 Å². The molecule has 7 heteroatoms.